The predicted molar refractivity (Wildman–Crippen MR) is 126 cm³/mol. The Morgan fingerprint density at radius 2 is 1.29 bits per heavy atom. The maximum atomic E-state index is 12.6. The molecule has 2 aromatic rings. The van der Waals surface area contributed by atoms with Gasteiger partial charge in [0.05, 0.1) is 15.8 Å². The summed E-state index contributed by atoms with van der Waals surface area (Å²) in [7, 11) is 0. The zero-order valence-corrected chi connectivity index (χ0v) is 18.6. The van der Waals surface area contributed by atoms with Crippen LogP contribution in [0.2, 0.25) is 0 Å². The van der Waals surface area contributed by atoms with Gasteiger partial charge in [-0.05, 0) is 42.7 Å². The van der Waals surface area contributed by atoms with Gasteiger partial charge >= 0.3 is 11.9 Å². The number of non-ortho nitro benzene ring substituents is 2. The van der Waals surface area contributed by atoms with E-state index < -0.39 is 27.7 Å². The molecule has 0 fully saturated rings. The number of nitro groups is 2. The fourth-order valence-corrected chi connectivity index (χ4v) is 3.54. The first-order valence-corrected chi connectivity index (χ1v) is 10.7. The first-order chi connectivity index (χ1) is 16.2. The molecule has 0 heterocycles. The molecular weight excluding hydrogens is 440 g/mol. The highest BCUT2D eigenvalue weighted by molar-refractivity contribution is 5.87. The third-order valence-electron chi connectivity index (χ3n) is 5.26. The minimum absolute atomic E-state index is 0.0182. The van der Waals surface area contributed by atoms with Crippen molar-refractivity contribution in [2.75, 3.05) is 0 Å². The molecule has 9 nitrogen and oxygen atoms in total. The zero-order valence-electron chi connectivity index (χ0n) is 18.6. The quantitative estimate of drug-likeness (QED) is 0.131. The number of nitro benzene ring substituents is 2. The fourth-order valence-electron chi connectivity index (χ4n) is 3.54. The van der Waals surface area contributed by atoms with E-state index in [4.69, 9.17) is 4.74 Å². The number of nitrogens with zero attached hydrogens (tertiary/aromatic N) is 2. The van der Waals surface area contributed by atoms with Crippen molar-refractivity contribution in [3.63, 3.8) is 0 Å². The van der Waals surface area contributed by atoms with Crippen molar-refractivity contribution < 1.29 is 24.2 Å². The summed E-state index contributed by atoms with van der Waals surface area (Å²) in [6.07, 6.45) is 4.69. The molecule has 2 aromatic carbocycles. The van der Waals surface area contributed by atoms with E-state index in [9.17, 15) is 29.8 Å². The molecule has 0 aliphatic heterocycles. The molecule has 178 valence electrons. The first-order valence-electron chi connectivity index (χ1n) is 10.7. The van der Waals surface area contributed by atoms with E-state index in [1.54, 1.807) is 36.4 Å². The number of carbonyl (C=O) groups excluding carboxylic acids is 2. The van der Waals surface area contributed by atoms with Crippen molar-refractivity contribution in [3.05, 3.63) is 105 Å². The standard InChI is InChI=1S/C25H26N2O7/c1-3-5-20(15-18-7-11-22(12-8-18)26(30)31)17-24(28)34-25(29)21(6-4-2)16-19-9-13-23(14-10-19)27(32)33/h3-4,7-14,20-21H,1-2,5-6,15-17H2. The molecule has 0 aliphatic carbocycles. The van der Waals surface area contributed by atoms with Gasteiger partial charge in [-0.25, -0.2) is 0 Å². The second-order valence-electron chi connectivity index (χ2n) is 7.86. The molecule has 0 N–H and O–H groups in total. The molecule has 0 radical (unpaired) electrons. The number of rotatable bonds is 13. The molecule has 9 heteroatoms. The van der Waals surface area contributed by atoms with E-state index >= 15 is 0 Å². The molecule has 2 atom stereocenters. The number of benzene rings is 2. The number of ether oxygens (including phenoxy) is 1. The fraction of sp³-hybridized carbons (Fsp3) is 0.280. The minimum Gasteiger partial charge on any atom is -0.393 e. The number of hydrogen-bond donors (Lipinski definition) is 0. The summed E-state index contributed by atoms with van der Waals surface area (Å²) in [6, 6.07) is 11.9. The van der Waals surface area contributed by atoms with Crippen LogP contribution >= 0.6 is 0 Å². The zero-order chi connectivity index (χ0) is 25.1. The van der Waals surface area contributed by atoms with E-state index in [-0.39, 0.29) is 36.6 Å². The van der Waals surface area contributed by atoms with Gasteiger partial charge in [-0.1, -0.05) is 36.4 Å². The Bertz CT molecular complexity index is 1050. The summed E-state index contributed by atoms with van der Waals surface area (Å²) in [4.78, 5) is 45.8. The van der Waals surface area contributed by atoms with Crippen LogP contribution in [0.5, 0.6) is 0 Å². The highest BCUT2D eigenvalue weighted by Crippen LogP contribution is 2.22. The lowest BCUT2D eigenvalue weighted by Crippen LogP contribution is -2.24. The molecule has 0 saturated heterocycles. The van der Waals surface area contributed by atoms with Crippen LogP contribution in [0.1, 0.15) is 30.4 Å². The van der Waals surface area contributed by atoms with Crippen LogP contribution in [0, 0.1) is 32.1 Å². The third-order valence-corrected chi connectivity index (χ3v) is 5.26. The monoisotopic (exact) mass is 466 g/mol. The summed E-state index contributed by atoms with van der Waals surface area (Å²) in [5.74, 6) is -2.20. The van der Waals surface area contributed by atoms with E-state index in [2.05, 4.69) is 13.2 Å². The Hall–Kier alpha value is -4.14. The van der Waals surface area contributed by atoms with E-state index in [0.29, 0.717) is 18.4 Å². The second kappa shape index (κ2) is 12.8. The first kappa shape index (κ1) is 26.1. The molecule has 0 aliphatic rings. The van der Waals surface area contributed by atoms with Crippen molar-refractivity contribution in [1.29, 1.82) is 0 Å². The van der Waals surface area contributed by atoms with Crippen LogP contribution < -0.4 is 0 Å². The topological polar surface area (TPSA) is 130 Å². The van der Waals surface area contributed by atoms with Crippen LogP contribution in [0.3, 0.4) is 0 Å². The number of esters is 2. The van der Waals surface area contributed by atoms with E-state index in [1.807, 2.05) is 0 Å². The van der Waals surface area contributed by atoms with Gasteiger partial charge in [-0.2, -0.15) is 0 Å². The van der Waals surface area contributed by atoms with Crippen LogP contribution in [0.4, 0.5) is 11.4 Å². The van der Waals surface area contributed by atoms with Gasteiger partial charge in [0.1, 0.15) is 0 Å². The molecule has 0 amide bonds. The number of hydrogen-bond acceptors (Lipinski definition) is 7. The minimum atomic E-state index is -0.684. The van der Waals surface area contributed by atoms with Gasteiger partial charge in [-0.15, -0.1) is 13.2 Å². The van der Waals surface area contributed by atoms with Gasteiger partial charge in [0.2, 0.25) is 0 Å². The molecule has 34 heavy (non-hydrogen) atoms. The van der Waals surface area contributed by atoms with Gasteiger partial charge in [0, 0.05) is 30.7 Å². The van der Waals surface area contributed by atoms with Crippen LogP contribution in [0.15, 0.2) is 73.8 Å². The van der Waals surface area contributed by atoms with E-state index in [0.717, 1.165) is 5.56 Å². The highest BCUT2D eigenvalue weighted by atomic mass is 16.6. The number of allylic oxidation sites excluding steroid dienone is 2. The summed E-state index contributed by atoms with van der Waals surface area (Å²) in [5, 5.41) is 21.6. The average molecular weight is 466 g/mol. The second-order valence-corrected chi connectivity index (χ2v) is 7.86. The molecule has 2 rings (SSSR count). The molecule has 0 saturated carbocycles. The Balaban J connectivity index is 1.99. The lowest BCUT2D eigenvalue weighted by Gasteiger charge is -2.17. The summed E-state index contributed by atoms with van der Waals surface area (Å²) >= 11 is 0. The summed E-state index contributed by atoms with van der Waals surface area (Å²) in [5.41, 5.74) is 1.45. The van der Waals surface area contributed by atoms with Crippen molar-refractivity contribution >= 4 is 23.3 Å². The van der Waals surface area contributed by atoms with E-state index in [1.165, 1.54) is 24.3 Å². The molecule has 0 aromatic heterocycles. The summed E-state index contributed by atoms with van der Waals surface area (Å²) < 4.78 is 5.11. The maximum absolute atomic E-state index is 12.6. The molecular formula is C25H26N2O7. The summed E-state index contributed by atoms with van der Waals surface area (Å²) in [6.45, 7) is 7.34. The smallest absolute Gasteiger partial charge is 0.317 e. The van der Waals surface area contributed by atoms with Crippen molar-refractivity contribution in [1.82, 2.24) is 0 Å². The average Bonchev–Trinajstić information content (AvgIpc) is 2.79. The van der Waals surface area contributed by atoms with Crippen LogP contribution in [-0.4, -0.2) is 21.8 Å². The van der Waals surface area contributed by atoms with Gasteiger partial charge in [0.15, 0.2) is 0 Å². The van der Waals surface area contributed by atoms with Crippen LogP contribution in [-0.2, 0) is 27.2 Å². The van der Waals surface area contributed by atoms with Gasteiger partial charge < -0.3 is 4.74 Å². The molecule has 0 bridgehead atoms. The third kappa shape index (κ3) is 8.09. The highest BCUT2D eigenvalue weighted by Gasteiger charge is 2.24. The lowest BCUT2D eigenvalue weighted by atomic mass is 9.93. The van der Waals surface area contributed by atoms with Crippen molar-refractivity contribution in [2.45, 2.75) is 32.1 Å². The van der Waals surface area contributed by atoms with Crippen molar-refractivity contribution in [3.8, 4) is 0 Å². The Morgan fingerprint density at radius 1 is 0.824 bits per heavy atom. The van der Waals surface area contributed by atoms with Crippen molar-refractivity contribution in [2.24, 2.45) is 11.8 Å². The SMILES string of the molecule is C=CCC(CC(=O)OC(=O)C(CC=C)Cc1ccc([N+](=O)[O-])cc1)Cc1ccc([N+](=O)[O-])cc1. The van der Waals surface area contributed by atoms with Gasteiger partial charge in [0.25, 0.3) is 11.4 Å². The Labute approximate surface area is 197 Å². The Kier molecular flexibility index (Phi) is 9.82. The molecule has 2 unspecified atom stereocenters. The lowest BCUT2D eigenvalue weighted by molar-refractivity contribution is -0.385. The molecule has 0 spiro atoms. The van der Waals surface area contributed by atoms with Gasteiger partial charge in [-0.3, -0.25) is 29.8 Å². The largest absolute Gasteiger partial charge is 0.393 e. The maximum Gasteiger partial charge on any atom is 0.317 e. The predicted octanol–water partition coefficient (Wildman–Crippen LogP) is 5.13. The van der Waals surface area contributed by atoms with Crippen LogP contribution in [0.25, 0.3) is 0 Å². The normalized spacial score (nSPS) is 12.2. The number of carbonyl (C=O) groups is 2. The Morgan fingerprint density at radius 3 is 1.74 bits per heavy atom.